The minimum atomic E-state index is 0.447. The maximum absolute atomic E-state index is 11.1. The molecule has 1 nitrogen and oxygen atoms in total. The van der Waals surface area contributed by atoms with Crippen LogP contribution in [-0.2, 0) is 4.79 Å². The van der Waals surface area contributed by atoms with E-state index in [4.69, 9.17) is 0 Å². The fraction of sp³-hybridized carbons (Fsp3) is 0.929. The van der Waals surface area contributed by atoms with Crippen LogP contribution in [0.5, 0.6) is 0 Å². The highest BCUT2D eigenvalue weighted by molar-refractivity contribution is 5.55. The fourth-order valence-corrected chi connectivity index (χ4v) is 6.14. The third-order valence-corrected chi connectivity index (χ3v) is 6.38. The molecule has 0 radical (unpaired) electrons. The Morgan fingerprint density at radius 1 is 0.933 bits per heavy atom. The highest BCUT2D eigenvalue weighted by Crippen LogP contribution is 2.69. The zero-order valence-electron chi connectivity index (χ0n) is 9.43. The summed E-state index contributed by atoms with van der Waals surface area (Å²) in [6, 6.07) is 0. The molecule has 0 heterocycles. The van der Waals surface area contributed by atoms with Crippen LogP contribution in [0, 0.1) is 47.3 Å². The van der Waals surface area contributed by atoms with Gasteiger partial charge in [0, 0.05) is 5.92 Å². The van der Waals surface area contributed by atoms with Crippen molar-refractivity contribution in [2.75, 3.05) is 0 Å². The Kier molecular flexibility index (Phi) is 1.56. The minimum absolute atomic E-state index is 0.447. The molecule has 8 unspecified atom stereocenters. The number of hydrogen-bond donors (Lipinski definition) is 0. The van der Waals surface area contributed by atoms with E-state index in [0.29, 0.717) is 5.92 Å². The lowest BCUT2D eigenvalue weighted by Crippen LogP contribution is -2.35. The second-order valence-corrected chi connectivity index (χ2v) is 6.72. The molecule has 4 aliphatic carbocycles. The van der Waals surface area contributed by atoms with Crippen LogP contribution in [0.3, 0.4) is 0 Å². The Morgan fingerprint density at radius 3 is 2.47 bits per heavy atom. The first-order valence-corrected chi connectivity index (χ1v) is 6.75. The van der Waals surface area contributed by atoms with E-state index >= 15 is 0 Å². The molecule has 4 fully saturated rings. The van der Waals surface area contributed by atoms with Gasteiger partial charge in [-0.15, -0.1) is 0 Å². The Bertz CT molecular complexity index is 310. The maximum Gasteiger partial charge on any atom is 0.123 e. The van der Waals surface area contributed by atoms with Crippen LogP contribution in [0.4, 0.5) is 0 Å². The molecule has 8 atom stereocenters. The van der Waals surface area contributed by atoms with Crippen molar-refractivity contribution in [3.05, 3.63) is 0 Å². The van der Waals surface area contributed by atoms with Crippen LogP contribution in [-0.4, -0.2) is 6.29 Å². The number of carbonyl (C=O) groups excluding carboxylic acids is 1. The molecule has 4 aliphatic rings. The average molecular weight is 204 g/mol. The van der Waals surface area contributed by atoms with Crippen molar-refractivity contribution in [1.29, 1.82) is 0 Å². The van der Waals surface area contributed by atoms with Crippen molar-refractivity contribution in [3.8, 4) is 0 Å². The third-order valence-electron chi connectivity index (χ3n) is 6.38. The number of aldehydes is 1. The van der Waals surface area contributed by atoms with Crippen molar-refractivity contribution in [1.82, 2.24) is 0 Å². The van der Waals surface area contributed by atoms with E-state index in [2.05, 4.69) is 6.92 Å². The van der Waals surface area contributed by atoms with Gasteiger partial charge >= 0.3 is 0 Å². The van der Waals surface area contributed by atoms with Gasteiger partial charge in [-0.2, -0.15) is 0 Å². The predicted molar refractivity (Wildman–Crippen MR) is 58.1 cm³/mol. The van der Waals surface area contributed by atoms with Crippen molar-refractivity contribution in [2.24, 2.45) is 47.3 Å². The number of hydrogen-bond acceptors (Lipinski definition) is 1. The van der Waals surface area contributed by atoms with E-state index < -0.39 is 0 Å². The van der Waals surface area contributed by atoms with Crippen LogP contribution in [0.25, 0.3) is 0 Å². The molecular weight excluding hydrogens is 184 g/mol. The molecule has 1 heteroatoms. The second kappa shape index (κ2) is 2.67. The molecule has 0 spiro atoms. The monoisotopic (exact) mass is 204 g/mol. The van der Waals surface area contributed by atoms with Crippen LogP contribution < -0.4 is 0 Å². The van der Waals surface area contributed by atoms with Crippen molar-refractivity contribution in [2.45, 2.75) is 32.6 Å². The van der Waals surface area contributed by atoms with E-state index in [1.807, 2.05) is 0 Å². The highest BCUT2D eigenvalue weighted by Gasteiger charge is 2.63. The van der Waals surface area contributed by atoms with Crippen LogP contribution in [0.1, 0.15) is 32.6 Å². The van der Waals surface area contributed by atoms with E-state index in [1.54, 1.807) is 0 Å². The molecule has 0 saturated heterocycles. The largest absolute Gasteiger partial charge is 0.303 e. The van der Waals surface area contributed by atoms with Gasteiger partial charge in [0.1, 0.15) is 6.29 Å². The quantitative estimate of drug-likeness (QED) is 0.474. The fourth-order valence-electron chi connectivity index (χ4n) is 6.14. The summed E-state index contributed by atoms with van der Waals surface area (Å²) in [5, 5.41) is 0. The summed E-state index contributed by atoms with van der Waals surface area (Å²) in [5.74, 6) is 7.22. The zero-order valence-corrected chi connectivity index (χ0v) is 9.43. The first-order chi connectivity index (χ1) is 7.29. The van der Waals surface area contributed by atoms with Gasteiger partial charge < -0.3 is 4.79 Å². The SMILES string of the molecule is CC1CC2CC1C1C3CC(CC3C=O)C21. The highest BCUT2D eigenvalue weighted by atomic mass is 16.1. The number of fused-ring (bicyclic) bond motifs is 9. The molecule has 0 aromatic heterocycles. The summed E-state index contributed by atoms with van der Waals surface area (Å²) >= 11 is 0. The van der Waals surface area contributed by atoms with Crippen molar-refractivity contribution < 1.29 is 4.79 Å². The average Bonchev–Trinajstić information content (AvgIpc) is 2.91. The lowest BCUT2D eigenvalue weighted by atomic mass is 9.65. The molecule has 4 bridgehead atoms. The second-order valence-electron chi connectivity index (χ2n) is 6.72. The lowest BCUT2D eigenvalue weighted by Gasteiger charge is -2.39. The van der Waals surface area contributed by atoms with Gasteiger partial charge in [-0.1, -0.05) is 6.92 Å². The normalized spacial score (nSPS) is 64.9. The van der Waals surface area contributed by atoms with Crippen molar-refractivity contribution in [3.63, 3.8) is 0 Å². The summed E-state index contributed by atoms with van der Waals surface area (Å²) in [6.07, 6.45) is 6.93. The molecule has 82 valence electrons. The summed E-state index contributed by atoms with van der Waals surface area (Å²) in [4.78, 5) is 11.1. The molecule has 0 aliphatic heterocycles. The topological polar surface area (TPSA) is 17.1 Å². The van der Waals surface area contributed by atoms with Crippen molar-refractivity contribution >= 4 is 6.29 Å². The first kappa shape index (κ1) is 8.78. The van der Waals surface area contributed by atoms with Gasteiger partial charge in [-0.3, -0.25) is 0 Å². The zero-order chi connectivity index (χ0) is 10.2. The van der Waals surface area contributed by atoms with Gasteiger partial charge in [0.15, 0.2) is 0 Å². The Morgan fingerprint density at radius 2 is 1.67 bits per heavy atom. The van der Waals surface area contributed by atoms with E-state index in [0.717, 1.165) is 41.4 Å². The van der Waals surface area contributed by atoms with Crippen LogP contribution >= 0.6 is 0 Å². The third kappa shape index (κ3) is 0.893. The molecule has 0 amide bonds. The Balaban J connectivity index is 1.70. The van der Waals surface area contributed by atoms with Gasteiger partial charge in [0.2, 0.25) is 0 Å². The molecule has 15 heavy (non-hydrogen) atoms. The first-order valence-electron chi connectivity index (χ1n) is 6.75. The number of rotatable bonds is 1. The van der Waals surface area contributed by atoms with Crippen LogP contribution in [0.2, 0.25) is 0 Å². The van der Waals surface area contributed by atoms with E-state index in [9.17, 15) is 4.79 Å². The molecule has 0 aromatic rings. The summed E-state index contributed by atoms with van der Waals surface area (Å²) in [6.45, 7) is 2.45. The van der Waals surface area contributed by atoms with E-state index in [1.165, 1.54) is 32.0 Å². The minimum Gasteiger partial charge on any atom is -0.303 e. The predicted octanol–water partition coefficient (Wildman–Crippen LogP) is 2.75. The maximum atomic E-state index is 11.1. The lowest BCUT2D eigenvalue weighted by molar-refractivity contribution is -0.114. The summed E-state index contributed by atoms with van der Waals surface area (Å²) in [7, 11) is 0. The Labute approximate surface area is 91.6 Å². The molecule has 4 saturated carbocycles. The van der Waals surface area contributed by atoms with Gasteiger partial charge in [-0.25, -0.2) is 0 Å². The van der Waals surface area contributed by atoms with E-state index in [-0.39, 0.29) is 0 Å². The number of carbonyl (C=O) groups is 1. The smallest absolute Gasteiger partial charge is 0.123 e. The Hall–Kier alpha value is -0.330. The van der Waals surface area contributed by atoms with Crippen LogP contribution in [0.15, 0.2) is 0 Å². The molecule has 4 rings (SSSR count). The molecule has 0 aromatic carbocycles. The van der Waals surface area contributed by atoms with Gasteiger partial charge in [0.25, 0.3) is 0 Å². The molecule has 0 N–H and O–H groups in total. The van der Waals surface area contributed by atoms with Gasteiger partial charge in [0.05, 0.1) is 0 Å². The standard InChI is InChI=1S/C14H20O/c1-7-2-8-4-11(7)14-12-5-9(13(8)14)3-10(12)6-15/h6-14H,2-5H2,1H3. The molecular formula is C14H20O. The summed E-state index contributed by atoms with van der Waals surface area (Å²) in [5.41, 5.74) is 0. The summed E-state index contributed by atoms with van der Waals surface area (Å²) < 4.78 is 0. The van der Waals surface area contributed by atoms with Gasteiger partial charge in [-0.05, 0) is 67.1 Å².